The number of nitro benzene ring substituents is 1. The third-order valence-electron chi connectivity index (χ3n) is 4.22. The van der Waals surface area contributed by atoms with Crippen LogP contribution >= 0.6 is 0 Å². The molecule has 2 aliphatic rings. The summed E-state index contributed by atoms with van der Waals surface area (Å²) in [4.78, 5) is 24.5. The van der Waals surface area contributed by atoms with Crippen molar-refractivity contribution in [2.45, 2.75) is 31.6 Å². The first kappa shape index (κ1) is 16.7. The van der Waals surface area contributed by atoms with E-state index in [-0.39, 0.29) is 30.5 Å². The van der Waals surface area contributed by atoms with Gasteiger partial charge in [0.25, 0.3) is 11.6 Å². The zero-order valence-electron chi connectivity index (χ0n) is 13.3. The molecule has 0 aromatic heterocycles. The van der Waals surface area contributed by atoms with Gasteiger partial charge >= 0.3 is 0 Å². The van der Waals surface area contributed by atoms with Crippen molar-refractivity contribution in [2.24, 2.45) is 0 Å². The average molecular weight is 336 g/mol. The van der Waals surface area contributed by atoms with Gasteiger partial charge in [0.15, 0.2) is 12.9 Å². The first-order valence-electron chi connectivity index (χ1n) is 8.05. The van der Waals surface area contributed by atoms with Crippen LogP contribution < -0.4 is 4.74 Å². The molecule has 0 bridgehead atoms. The first-order valence-corrected chi connectivity index (χ1v) is 8.05. The van der Waals surface area contributed by atoms with Crippen molar-refractivity contribution >= 4 is 11.6 Å². The molecule has 0 aliphatic carbocycles. The van der Waals surface area contributed by atoms with E-state index in [0.29, 0.717) is 25.5 Å². The highest BCUT2D eigenvalue weighted by Crippen LogP contribution is 2.25. The number of carbonyl (C=O) groups is 1. The molecule has 1 atom stereocenters. The number of likely N-dealkylation sites (tertiary alicyclic amines) is 1. The molecule has 0 spiro atoms. The summed E-state index contributed by atoms with van der Waals surface area (Å²) in [5, 5.41) is 10.8. The van der Waals surface area contributed by atoms with Gasteiger partial charge in [-0.15, -0.1) is 0 Å². The molecule has 1 aromatic rings. The molecule has 1 unspecified atom stereocenters. The second-order valence-corrected chi connectivity index (χ2v) is 5.80. The van der Waals surface area contributed by atoms with Gasteiger partial charge in [-0.1, -0.05) is 6.07 Å². The summed E-state index contributed by atoms with van der Waals surface area (Å²) in [7, 11) is 0. The van der Waals surface area contributed by atoms with Gasteiger partial charge in [0.1, 0.15) is 5.75 Å². The number of non-ortho nitro benzene ring substituents is 1. The summed E-state index contributed by atoms with van der Waals surface area (Å²) in [5.74, 6) is 0.143. The van der Waals surface area contributed by atoms with Crippen molar-refractivity contribution < 1.29 is 23.9 Å². The maximum Gasteiger partial charge on any atom is 0.273 e. The Labute approximate surface area is 139 Å². The van der Waals surface area contributed by atoms with Crippen LogP contribution in [0.2, 0.25) is 0 Å². The first-order chi connectivity index (χ1) is 11.6. The van der Waals surface area contributed by atoms with Crippen LogP contribution in [0.1, 0.15) is 19.3 Å². The van der Waals surface area contributed by atoms with Gasteiger partial charge in [-0.05, 0) is 25.3 Å². The summed E-state index contributed by atoms with van der Waals surface area (Å²) in [6, 6.07) is 5.72. The molecule has 24 heavy (non-hydrogen) atoms. The van der Waals surface area contributed by atoms with Crippen LogP contribution in [-0.2, 0) is 14.3 Å². The molecule has 8 nitrogen and oxygen atoms in total. The Morgan fingerprint density at radius 2 is 2.12 bits per heavy atom. The molecular formula is C16H20N2O6. The van der Waals surface area contributed by atoms with Gasteiger partial charge in [0.2, 0.25) is 0 Å². The molecule has 1 amide bonds. The molecule has 2 saturated heterocycles. The lowest BCUT2D eigenvalue weighted by Crippen LogP contribution is -2.51. The van der Waals surface area contributed by atoms with E-state index in [1.165, 1.54) is 18.2 Å². The van der Waals surface area contributed by atoms with Gasteiger partial charge in [0.05, 0.1) is 30.2 Å². The predicted molar refractivity (Wildman–Crippen MR) is 83.6 cm³/mol. The number of rotatable bonds is 5. The molecule has 130 valence electrons. The smallest absolute Gasteiger partial charge is 0.273 e. The Morgan fingerprint density at radius 3 is 2.88 bits per heavy atom. The number of amides is 1. The Morgan fingerprint density at radius 1 is 1.33 bits per heavy atom. The minimum atomic E-state index is -0.496. The lowest BCUT2D eigenvalue weighted by Gasteiger charge is -2.37. The van der Waals surface area contributed by atoms with Crippen molar-refractivity contribution in [3.05, 3.63) is 34.4 Å². The van der Waals surface area contributed by atoms with Crippen LogP contribution in [-0.4, -0.2) is 54.4 Å². The lowest BCUT2D eigenvalue weighted by molar-refractivity contribution is -0.384. The second kappa shape index (κ2) is 7.59. The number of benzene rings is 1. The van der Waals surface area contributed by atoms with E-state index in [0.717, 1.165) is 19.3 Å². The van der Waals surface area contributed by atoms with Gasteiger partial charge in [-0.25, -0.2) is 0 Å². The number of carbonyl (C=O) groups excluding carboxylic acids is 1. The van der Waals surface area contributed by atoms with Gasteiger partial charge in [0, 0.05) is 12.6 Å². The molecule has 0 radical (unpaired) electrons. The van der Waals surface area contributed by atoms with Gasteiger partial charge < -0.3 is 19.1 Å². The highest BCUT2D eigenvalue weighted by atomic mass is 16.7. The van der Waals surface area contributed by atoms with Crippen LogP contribution in [0.25, 0.3) is 0 Å². The van der Waals surface area contributed by atoms with Crippen LogP contribution in [0.4, 0.5) is 5.69 Å². The van der Waals surface area contributed by atoms with Gasteiger partial charge in [-0.3, -0.25) is 14.9 Å². The Kier molecular flexibility index (Phi) is 5.27. The fraction of sp³-hybridized carbons (Fsp3) is 0.562. The molecule has 2 aliphatic heterocycles. The van der Waals surface area contributed by atoms with Crippen molar-refractivity contribution in [1.82, 2.24) is 4.90 Å². The number of hydrogen-bond acceptors (Lipinski definition) is 6. The highest BCUT2D eigenvalue weighted by molar-refractivity contribution is 5.78. The van der Waals surface area contributed by atoms with Crippen LogP contribution in [0.5, 0.6) is 5.75 Å². The fourth-order valence-electron chi connectivity index (χ4n) is 3.06. The standard InChI is InChI=1S/C16H20N2O6/c19-15(11-24-13-5-3-4-12(10-13)18(20)21)17-7-2-1-6-14(17)16-22-8-9-23-16/h3-5,10,14,16H,1-2,6-9,11H2. The van der Waals surface area contributed by atoms with Crippen LogP contribution in [0.15, 0.2) is 24.3 Å². The average Bonchev–Trinajstić information content (AvgIpc) is 3.14. The maximum atomic E-state index is 12.5. The topological polar surface area (TPSA) is 91.1 Å². The van der Waals surface area contributed by atoms with E-state index < -0.39 is 4.92 Å². The molecule has 0 N–H and O–H groups in total. The van der Waals surface area contributed by atoms with Crippen molar-refractivity contribution in [3.8, 4) is 5.75 Å². The minimum Gasteiger partial charge on any atom is -0.484 e. The lowest BCUT2D eigenvalue weighted by atomic mass is 10.0. The Bertz CT molecular complexity index is 602. The zero-order valence-corrected chi connectivity index (χ0v) is 13.3. The summed E-state index contributed by atoms with van der Waals surface area (Å²) in [6.45, 7) is 1.58. The number of piperidine rings is 1. The summed E-state index contributed by atoms with van der Waals surface area (Å²) in [6.07, 6.45) is 2.44. The second-order valence-electron chi connectivity index (χ2n) is 5.80. The normalized spacial score (nSPS) is 21.7. The molecule has 3 rings (SSSR count). The molecule has 2 heterocycles. The van der Waals surface area contributed by atoms with Crippen LogP contribution in [0.3, 0.4) is 0 Å². The number of nitrogens with zero attached hydrogens (tertiary/aromatic N) is 2. The number of nitro groups is 1. The third kappa shape index (κ3) is 3.82. The largest absolute Gasteiger partial charge is 0.484 e. The molecule has 8 heteroatoms. The molecule has 2 fully saturated rings. The van der Waals surface area contributed by atoms with Crippen molar-refractivity contribution in [3.63, 3.8) is 0 Å². The number of ether oxygens (including phenoxy) is 3. The van der Waals surface area contributed by atoms with E-state index in [2.05, 4.69) is 0 Å². The maximum absolute atomic E-state index is 12.5. The zero-order chi connectivity index (χ0) is 16.9. The third-order valence-corrected chi connectivity index (χ3v) is 4.22. The van der Waals surface area contributed by atoms with E-state index >= 15 is 0 Å². The number of hydrogen-bond donors (Lipinski definition) is 0. The summed E-state index contributed by atoms with van der Waals surface area (Å²) in [5.41, 5.74) is -0.0662. The summed E-state index contributed by atoms with van der Waals surface area (Å²) >= 11 is 0. The molecule has 1 aromatic carbocycles. The van der Waals surface area contributed by atoms with Crippen molar-refractivity contribution in [2.75, 3.05) is 26.4 Å². The fourth-order valence-corrected chi connectivity index (χ4v) is 3.06. The highest BCUT2D eigenvalue weighted by Gasteiger charge is 2.36. The molecule has 0 saturated carbocycles. The Hall–Kier alpha value is -2.19. The Balaban J connectivity index is 1.60. The minimum absolute atomic E-state index is 0.0662. The van der Waals surface area contributed by atoms with Crippen LogP contribution in [0, 0.1) is 10.1 Å². The van der Waals surface area contributed by atoms with Gasteiger partial charge in [-0.2, -0.15) is 0 Å². The quantitative estimate of drug-likeness (QED) is 0.601. The summed E-state index contributed by atoms with van der Waals surface area (Å²) < 4.78 is 16.5. The predicted octanol–water partition coefficient (Wildman–Crippen LogP) is 1.73. The van der Waals surface area contributed by atoms with E-state index in [4.69, 9.17) is 14.2 Å². The van der Waals surface area contributed by atoms with E-state index in [1.807, 2.05) is 0 Å². The molecular weight excluding hydrogens is 316 g/mol. The SMILES string of the molecule is O=C(COc1cccc([N+](=O)[O-])c1)N1CCCCC1C1OCCO1. The van der Waals surface area contributed by atoms with E-state index in [9.17, 15) is 14.9 Å². The van der Waals surface area contributed by atoms with Crippen molar-refractivity contribution in [1.29, 1.82) is 0 Å². The van der Waals surface area contributed by atoms with E-state index in [1.54, 1.807) is 11.0 Å². The monoisotopic (exact) mass is 336 g/mol.